The third kappa shape index (κ3) is 2.29. The number of H-pyrrole nitrogens is 1. The number of hydrogen-bond acceptors (Lipinski definition) is 5. The lowest BCUT2D eigenvalue weighted by atomic mass is 11.6. The van der Waals surface area contributed by atoms with Crippen molar-refractivity contribution in [3.63, 3.8) is 0 Å². The van der Waals surface area contributed by atoms with Gasteiger partial charge in [-0.1, -0.05) is 22.1 Å². The fourth-order valence-electron chi connectivity index (χ4n) is 0.323. The van der Waals surface area contributed by atoms with Gasteiger partial charge in [0.2, 0.25) is 0 Å². The van der Waals surface area contributed by atoms with E-state index in [1.54, 1.807) is 21.6 Å². The fraction of sp³-hybridized carbons (Fsp3) is 0.333. The summed E-state index contributed by atoms with van der Waals surface area (Å²) in [6.07, 6.45) is 2.01. The van der Waals surface area contributed by atoms with E-state index in [0.29, 0.717) is 0 Å². The lowest BCUT2D eigenvalue weighted by Gasteiger charge is -1.82. The lowest BCUT2D eigenvalue weighted by molar-refractivity contribution is 1.01. The Balaban J connectivity index is 2.73. The lowest BCUT2D eigenvalue weighted by Crippen LogP contribution is -1.64. The third-order valence-corrected chi connectivity index (χ3v) is 3.65. The maximum absolute atomic E-state index is 4.82. The maximum atomic E-state index is 4.82. The molecule has 0 saturated carbocycles. The third-order valence-electron chi connectivity index (χ3n) is 0.573. The molecule has 0 aliphatic heterocycles. The highest BCUT2D eigenvalue weighted by atomic mass is 33.1. The van der Waals surface area contributed by atoms with Crippen LogP contribution in [0.5, 0.6) is 0 Å². The van der Waals surface area contributed by atoms with E-state index >= 15 is 0 Å². The monoisotopic (exact) mass is 196 g/mol. The standard InChI is InChI=1S/C3H4N2S4/c1-7-9-3-5-4-2(6)8-3/h1H3,(H,4,6). The van der Waals surface area contributed by atoms with Crippen molar-refractivity contribution >= 4 is 45.1 Å². The molecule has 1 heterocycles. The molecule has 0 radical (unpaired) electrons. The van der Waals surface area contributed by atoms with Gasteiger partial charge in [-0.2, -0.15) is 5.10 Å². The molecular formula is C3H4N2S4. The first-order valence-electron chi connectivity index (χ1n) is 2.09. The molecule has 2 nitrogen and oxygen atoms in total. The van der Waals surface area contributed by atoms with E-state index in [1.807, 2.05) is 6.26 Å². The summed E-state index contributed by atoms with van der Waals surface area (Å²) < 4.78 is 1.74. The molecule has 0 aliphatic rings. The largest absolute Gasteiger partial charge is 0.257 e. The highest BCUT2D eigenvalue weighted by Crippen LogP contribution is 2.29. The van der Waals surface area contributed by atoms with E-state index in [0.717, 1.165) is 8.29 Å². The Kier molecular flexibility index (Phi) is 3.03. The highest BCUT2D eigenvalue weighted by molar-refractivity contribution is 8.76. The first kappa shape index (κ1) is 7.59. The van der Waals surface area contributed by atoms with Gasteiger partial charge in [0.25, 0.3) is 0 Å². The quantitative estimate of drug-likeness (QED) is 0.581. The Morgan fingerprint density at radius 1 is 1.78 bits per heavy atom. The number of aromatic amines is 1. The zero-order valence-corrected chi connectivity index (χ0v) is 7.85. The Morgan fingerprint density at radius 3 is 3.00 bits per heavy atom. The molecule has 50 valence electrons. The summed E-state index contributed by atoms with van der Waals surface area (Å²) in [6, 6.07) is 0. The van der Waals surface area contributed by atoms with Gasteiger partial charge in [0.1, 0.15) is 0 Å². The van der Waals surface area contributed by atoms with Gasteiger partial charge in [-0.15, -0.1) is 0 Å². The molecular weight excluding hydrogens is 192 g/mol. The van der Waals surface area contributed by atoms with Crippen molar-refractivity contribution in [3.05, 3.63) is 3.95 Å². The van der Waals surface area contributed by atoms with E-state index in [2.05, 4.69) is 10.2 Å². The average molecular weight is 196 g/mol. The van der Waals surface area contributed by atoms with Crippen molar-refractivity contribution < 1.29 is 0 Å². The first-order chi connectivity index (χ1) is 4.33. The van der Waals surface area contributed by atoms with Crippen LogP contribution in [0.1, 0.15) is 0 Å². The SMILES string of the molecule is CSSc1n[nH]c(=S)s1. The zero-order chi connectivity index (χ0) is 6.69. The highest BCUT2D eigenvalue weighted by Gasteiger charge is 1.94. The van der Waals surface area contributed by atoms with Crippen LogP contribution in [0.25, 0.3) is 0 Å². The molecule has 0 aliphatic carbocycles. The Hall–Kier alpha value is 0.480. The minimum Gasteiger partial charge on any atom is -0.257 e. The van der Waals surface area contributed by atoms with Crippen molar-refractivity contribution in [3.8, 4) is 0 Å². The van der Waals surface area contributed by atoms with Crippen molar-refractivity contribution in [2.24, 2.45) is 0 Å². The van der Waals surface area contributed by atoms with Crippen molar-refractivity contribution in [1.82, 2.24) is 10.2 Å². The van der Waals surface area contributed by atoms with E-state index < -0.39 is 0 Å². The van der Waals surface area contributed by atoms with Gasteiger partial charge < -0.3 is 0 Å². The molecule has 0 fully saturated rings. The van der Waals surface area contributed by atoms with E-state index in [4.69, 9.17) is 12.2 Å². The number of nitrogens with zero attached hydrogens (tertiary/aromatic N) is 1. The molecule has 1 aromatic heterocycles. The average Bonchev–Trinajstić information content (AvgIpc) is 2.17. The summed E-state index contributed by atoms with van der Waals surface area (Å²) in [5.74, 6) is 0. The van der Waals surface area contributed by atoms with Crippen LogP contribution in [-0.2, 0) is 0 Å². The smallest absolute Gasteiger partial charge is 0.183 e. The Labute approximate surface area is 69.8 Å². The molecule has 0 aromatic carbocycles. The predicted octanol–water partition coefficient (Wildman–Crippen LogP) is 2.57. The second kappa shape index (κ2) is 3.60. The summed E-state index contributed by atoms with van der Waals surface area (Å²) in [7, 11) is 3.29. The second-order valence-electron chi connectivity index (χ2n) is 1.13. The van der Waals surface area contributed by atoms with Gasteiger partial charge in [-0.25, -0.2) is 0 Å². The first-order valence-corrected chi connectivity index (χ1v) is 5.87. The molecule has 0 bridgehead atoms. The van der Waals surface area contributed by atoms with Crippen LogP contribution in [0.15, 0.2) is 4.34 Å². The zero-order valence-electron chi connectivity index (χ0n) is 4.58. The number of nitrogens with one attached hydrogen (secondary N) is 1. The van der Waals surface area contributed by atoms with Gasteiger partial charge in [0.05, 0.1) is 0 Å². The maximum Gasteiger partial charge on any atom is 0.183 e. The van der Waals surface area contributed by atoms with E-state index in [-0.39, 0.29) is 0 Å². The summed E-state index contributed by atoms with van der Waals surface area (Å²) in [4.78, 5) is 0. The van der Waals surface area contributed by atoms with Crippen LogP contribution in [0, 0.1) is 3.95 Å². The minimum absolute atomic E-state index is 0.742. The van der Waals surface area contributed by atoms with Crippen molar-refractivity contribution in [2.45, 2.75) is 4.34 Å². The summed E-state index contributed by atoms with van der Waals surface area (Å²) in [6.45, 7) is 0. The molecule has 1 rings (SSSR count). The van der Waals surface area contributed by atoms with Crippen molar-refractivity contribution in [2.75, 3.05) is 6.26 Å². The van der Waals surface area contributed by atoms with Gasteiger partial charge in [0.15, 0.2) is 8.29 Å². The molecule has 6 heteroatoms. The van der Waals surface area contributed by atoms with Gasteiger partial charge >= 0.3 is 0 Å². The summed E-state index contributed by atoms with van der Waals surface area (Å²) >= 11 is 6.33. The van der Waals surface area contributed by atoms with Crippen molar-refractivity contribution in [1.29, 1.82) is 0 Å². The second-order valence-corrected chi connectivity index (χ2v) is 5.44. The van der Waals surface area contributed by atoms with Crippen LogP contribution in [0.3, 0.4) is 0 Å². The van der Waals surface area contributed by atoms with Gasteiger partial charge in [-0.05, 0) is 29.3 Å². The van der Waals surface area contributed by atoms with Crippen LogP contribution >= 0.6 is 45.1 Å². The molecule has 0 spiro atoms. The van der Waals surface area contributed by atoms with Gasteiger partial charge in [0, 0.05) is 0 Å². The molecule has 1 aromatic rings. The normalized spacial score (nSPS) is 9.89. The van der Waals surface area contributed by atoms with Crippen LogP contribution in [0.4, 0.5) is 0 Å². The van der Waals surface area contributed by atoms with Crippen LogP contribution < -0.4 is 0 Å². The molecule has 9 heavy (non-hydrogen) atoms. The van der Waals surface area contributed by atoms with E-state index in [1.165, 1.54) is 11.3 Å². The minimum atomic E-state index is 0.742. The summed E-state index contributed by atoms with van der Waals surface area (Å²) in [5.41, 5.74) is 0. The Morgan fingerprint density at radius 2 is 2.56 bits per heavy atom. The topological polar surface area (TPSA) is 28.7 Å². The summed E-state index contributed by atoms with van der Waals surface area (Å²) in [5, 5.41) is 6.64. The van der Waals surface area contributed by atoms with Crippen LogP contribution in [0.2, 0.25) is 0 Å². The molecule has 0 saturated heterocycles. The number of hydrogen-bond donors (Lipinski definition) is 1. The molecule has 0 unspecified atom stereocenters. The number of aromatic nitrogens is 2. The fourth-order valence-corrected chi connectivity index (χ4v) is 3.17. The van der Waals surface area contributed by atoms with Crippen LogP contribution in [-0.4, -0.2) is 16.5 Å². The van der Waals surface area contributed by atoms with Gasteiger partial charge in [-0.3, -0.25) is 5.10 Å². The number of rotatable bonds is 2. The predicted molar refractivity (Wildman–Crippen MR) is 46.7 cm³/mol. The Bertz CT molecular complexity index is 226. The van der Waals surface area contributed by atoms with E-state index in [9.17, 15) is 0 Å². The molecule has 1 N–H and O–H groups in total. The molecule has 0 amide bonds. The molecule has 0 atom stereocenters.